The number of carbonyl (C=O) groups is 1. The van der Waals surface area contributed by atoms with Gasteiger partial charge in [0, 0.05) is 18.5 Å². The molecule has 21 heavy (non-hydrogen) atoms. The molecule has 1 aliphatic rings. The highest BCUT2D eigenvalue weighted by atomic mass is 16.5. The molecule has 1 aromatic rings. The number of carbonyl (C=O) groups excluding carboxylic acids is 1. The lowest BCUT2D eigenvalue weighted by Crippen LogP contribution is -2.39. The second-order valence-electron chi connectivity index (χ2n) is 6.56. The zero-order valence-corrected chi connectivity index (χ0v) is 13.4. The van der Waals surface area contributed by atoms with Gasteiger partial charge in [-0.25, -0.2) is 0 Å². The van der Waals surface area contributed by atoms with Crippen molar-refractivity contribution in [2.45, 2.75) is 46.6 Å². The van der Waals surface area contributed by atoms with Crippen LogP contribution in [0.25, 0.3) is 0 Å². The average molecular weight is 295 g/mol. The number of hydrogen-bond acceptors (Lipinski definition) is 6. The first kappa shape index (κ1) is 16.1. The summed E-state index contributed by atoms with van der Waals surface area (Å²) in [5.74, 6) is 1.02. The van der Waals surface area contributed by atoms with Gasteiger partial charge in [-0.2, -0.15) is 4.98 Å². The lowest BCUT2D eigenvalue weighted by Gasteiger charge is -2.30. The standard InChI is InChI=1S/C15H25N3O3/c1-5-6-18-7-8-20-11(10-18)14-16-13(21-17-14)9-12(19)15(2,3)4/h11H,5-10H2,1-4H3. The van der Waals surface area contributed by atoms with Gasteiger partial charge in [-0.3, -0.25) is 9.69 Å². The van der Waals surface area contributed by atoms with E-state index in [9.17, 15) is 4.79 Å². The second kappa shape index (κ2) is 6.66. The Morgan fingerprint density at radius 3 is 2.86 bits per heavy atom. The summed E-state index contributed by atoms with van der Waals surface area (Å²) in [4.78, 5) is 18.7. The van der Waals surface area contributed by atoms with Gasteiger partial charge in [0.2, 0.25) is 11.7 Å². The van der Waals surface area contributed by atoms with Crippen molar-refractivity contribution in [1.82, 2.24) is 15.0 Å². The quantitative estimate of drug-likeness (QED) is 0.827. The van der Waals surface area contributed by atoms with Crippen molar-refractivity contribution in [2.75, 3.05) is 26.2 Å². The van der Waals surface area contributed by atoms with E-state index in [0.717, 1.165) is 26.1 Å². The van der Waals surface area contributed by atoms with E-state index in [2.05, 4.69) is 22.0 Å². The molecule has 2 rings (SSSR count). The van der Waals surface area contributed by atoms with Crippen LogP contribution < -0.4 is 0 Å². The fourth-order valence-corrected chi connectivity index (χ4v) is 2.25. The number of ether oxygens (including phenoxy) is 1. The maximum absolute atomic E-state index is 12.0. The van der Waals surface area contributed by atoms with Crippen LogP contribution in [0.1, 0.15) is 51.9 Å². The van der Waals surface area contributed by atoms with E-state index in [-0.39, 0.29) is 18.3 Å². The number of hydrogen-bond donors (Lipinski definition) is 0. The molecule has 0 saturated carbocycles. The summed E-state index contributed by atoms with van der Waals surface area (Å²) >= 11 is 0. The SMILES string of the molecule is CCCN1CCOC(c2noc(CC(=O)C(C)(C)C)n2)C1. The highest BCUT2D eigenvalue weighted by Gasteiger charge is 2.28. The molecule has 0 aromatic carbocycles. The van der Waals surface area contributed by atoms with E-state index in [1.165, 1.54) is 0 Å². The molecule has 1 aliphatic heterocycles. The first-order valence-electron chi connectivity index (χ1n) is 7.60. The van der Waals surface area contributed by atoms with Gasteiger partial charge >= 0.3 is 0 Å². The van der Waals surface area contributed by atoms with Crippen molar-refractivity contribution >= 4 is 5.78 Å². The molecule has 1 unspecified atom stereocenters. The van der Waals surface area contributed by atoms with Crippen LogP contribution >= 0.6 is 0 Å². The van der Waals surface area contributed by atoms with E-state index in [1.807, 2.05) is 20.8 Å². The summed E-state index contributed by atoms with van der Waals surface area (Å²) < 4.78 is 10.9. The molecular formula is C15H25N3O3. The van der Waals surface area contributed by atoms with Crippen molar-refractivity contribution in [3.63, 3.8) is 0 Å². The fourth-order valence-electron chi connectivity index (χ4n) is 2.25. The fraction of sp³-hybridized carbons (Fsp3) is 0.800. The molecule has 1 fully saturated rings. The molecule has 1 atom stereocenters. The minimum absolute atomic E-state index is 0.0925. The first-order chi connectivity index (χ1) is 9.90. The number of Topliss-reactive ketones (excluding diaryl/α,β-unsaturated/α-hetero) is 1. The van der Waals surface area contributed by atoms with Crippen molar-refractivity contribution in [3.05, 3.63) is 11.7 Å². The van der Waals surface area contributed by atoms with Gasteiger partial charge in [0.15, 0.2) is 0 Å². The summed E-state index contributed by atoms with van der Waals surface area (Å²) in [6, 6.07) is 0. The Labute approximate surface area is 125 Å². The van der Waals surface area contributed by atoms with Gasteiger partial charge in [0.05, 0.1) is 13.0 Å². The van der Waals surface area contributed by atoms with Gasteiger partial charge in [-0.1, -0.05) is 32.9 Å². The molecule has 0 aliphatic carbocycles. The van der Waals surface area contributed by atoms with Crippen LogP contribution in [-0.2, 0) is 16.0 Å². The zero-order valence-electron chi connectivity index (χ0n) is 13.4. The Morgan fingerprint density at radius 1 is 1.43 bits per heavy atom. The summed E-state index contributed by atoms with van der Waals surface area (Å²) in [5.41, 5.74) is -0.395. The molecule has 6 heteroatoms. The van der Waals surface area contributed by atoms with Crippen LogP contribution in [0.2, 0.25) is 0 Å². The second-order valence-corrected chi connectivity index (χ2v) is 6.56. The van der Waals surface area contributed by atoms with Crippen molar-refractivity contribution in [1.29, 1.82) is 0 Å². The average Bonchev–Trinajstić information content (AvgIpc) is 2.87. The lowest BCUT2D eigenvalue weighted by atomic mass is 9.89. The van der Waals surface area contributed by atoms with Crippen LogP contribution in [0.5, 0.6) is 0 Å². The van der Waals surface area contributed by atoms with Crippen LogP contribution in [0.15, 0.2) is 4.52 Å². The van der Waals surface area contributed by atoms with E-state index in [4.69, 9.17) is 9.26 Å². The molecule has 1 aromatic heterocycles. The molecule has 0 spiro atoms. The Bertz CT molecular complexity index is 477. The molecule has 118 valence electrons. The summed E-state index contributed by atoms with van der Waals surface area (Å²) in [6.07, 6.45) is 1.14. The number of morpholine rings is 1. The van der Waals surface area contributed by atoms with Crippen LogP contribution in [0.4, 0.5) is 0 Å². The minimum Gasteiger partial charge on any atom is -0.367 e. The number of aromatic nitrogens is 2. The lowest BCUT2D eigenvalue weighted by molar-refractivity contribution is -0.125. The molecule has 6 nitrogen and oxygen atoms in total. The maximum Gasteiger partial charge on any atom is 0.234 e. The van der Waals surface area contributed by atoms with Gasteiger partial charge in [0.1, 0.15) is 11.9 Å². The molecule has 2 heterocycles. The van der Waals surface area contributed by atoms with Crippen molar-refractivity contribution in [2.24, 2.45) is 5.41 Å². The highest BCUT2D eigenvalue weighted by Crippen LogP contribution is 2.21. The Kier molecular flexibility index (Phi) is 5.11. The minimum atomic E-state index is -0.395. The maximum atomic E-state index is 12.0. The Hall–Kier alpha value is -1.27. The molecule has 0 N–H and O–H groups in total. The van der Waals surface area contributed by atoms with Gasteiger partial charge in [-0.15, -0.1) is 0 Å². The van der Waals surface area contributed by atoms with Crippen LogP contribution in [-0.4, -0.2) is 47.1 Å². The topological polar surface area (TPSA) is 68.5 Å². The predicted octanol–water partition coefficient (Wildman–Crippen LogP) is 2.01. The third kappa shape index (κ3) is 4.35. The smallest absolute Gasteiger partial charge is 0.234 e. The molecule has 1 saturated heterocycles. The zero-order chi connectivity index (χ0) is 15.5. The van der Waals surface area contributed by atoms with Gasteiger partial charge in [-0.05, 0) is 13.0 Å². The van der Waals surface area contributed by atoms with E-state index < -0.39 is 5.41 Å². The van der Waals surface area contributed by atoms with Crippen LogP contribution in [0, 0.1) is 5.41 Å². The van der Waals surface area contributed by atoms with Gasteiger partial charge in [0.25, 0.3) is 0 Å². The summed E-state index contributed by atoms with van der Waals surface area (Å²) in [7, 11) is 0. The van der Waals surface area contributed by atoms with E-state index in [0.29, 0.717) is 18.3 Å². The third-order valence-electron chi connectivity index (χ3n) is 3.61. The summed E-state index contributed by atoms with van der Waals surface area (Å²) in [5, 5.41) is 3.98. The molecule has 0 bridgehead atoms. The largest absolute Gasteiger partial charge is 0.367 e. The van der Waals surface area contributed by atoms with Crippen molar-refractivity contribution < 1.29 is 14.1 Å². The van der Waals surface area contributed by atoms with E-state index in [1.54, 1.807) is 0 Å². The monoisotopic (exact) mass is 295 g/mol. The number of ketones is 1. The normalized spacial score (nSPS) is 20.7. The number of nitrogens with zero attached hydrogens (tertiary/aromatic N) is 3. The predicted molar refractivity (Wildman–Crippen MR) is 77.9 cm³/mol. The Balaban J connectivity index is 1.98. The number of rotatable bonds is 5. The first-order valence-corrected chi connectivity index (χ1v) is 7.60. The van der Waals surface area contributed by atoms with E-state index >= 15 is 0 Å². The molecule has 0 radical (unpaired) electrons. The Morgan fingerprint density at radius 2 is 2.19 bits per heavy atom. The third-order valence-corrected chi connectivity index (χ3v) is 3.61. The van der Waals surface area contributed by atoms with Crippen molar-refractivity contribution in [3.8, 4) is 0 Å². The van der Waals surface area contributed by atoms with Gasteiger partial charge < -0.3 is 9.26 Å². The van der Waals surface area contributed by atoms with Crippen LogP contribution in [0.3, 0.4) is 0 Å². The molecular weight excluding hydrogens is 270 g/mol. The molecule has 0 amide bonds. The summed E-state index contributed by atoms with van der Waals surface area (Å²) in [6.45, 7) is 11.3. The highest BCUT2D eigenvalue weighted by molar-refractivity contribution is 5.84.